The third-order valence-electron chi connectivity index (χ3n) is 8.18. The molecule has 0 saturated heterocycles. The van der Waals surface area contributed by atoms with Gasteiger partial charge in [0.1, 0.15) is 12.6 Å². The standard InChI is InChI=1S/C34H32ClN3O3/c35-26-18-16-24(17-19-26)21-37(30(20-23-8-2-1-3-9-23)33(40)36-27-12-4-5-13-27)31(39)22-38-29-15-7-11-25-10-6-14-28(32(25)29)34(38)41/h1-3,6-11,14-19,27,30H,4-5,12-13,20-22H2,(H,36,40). The summed E-state index contributed by atoms with van der Waals surface area (Å²) in [5, 5.41) is 5.64. The normalized spacial score (nSPS) is 15.3. The molecule has 1 saturated carbocycles. The van der Waals surface area contributed by atoms with Gasteiger partial charge in [-0.15, -0.1) is 0 Å². The summed E-state index contributed by atoms with van der Waals surface area (Å²) in [6, 6.07) is 27.8. The molecule has 208 valence electrons. The summed E-state index contributed by atoms with van der Waals surface area (Å²) in [7, 11) is 0. The van der Waals surface area contributed by atoms with E-state index in [1.54, 1.807) is 28.0 Å². The molecule has 4 aromatic rings. The first-order chi connectivity index (χ1) is 20.0. The second-order valence-electron chi connectivity index (χ2n) is 10.9. The molecule has 1 atom stereocenters. The molecule has 0 bridgehead atoms. The molecule has 1 N–H and O–H groups in total. The van der Waals surface area contributed by atoms with Crippen molar-refractivity contribution in [3.63, 3.8) is 0 Å². The third kappa shape index (κ3) is 5.70. The van der Waals surface area contributed by atoms with E-state index in [1.165, 1.54) is 0 Å². The summed E-state index contributed by atoms with van der Waals surface area (Å²) in [4.78, 5) is 44.9. The Kier molecular flexibility index (Phi) is 7.75. The van der Waals surface area contributed by atoms with Crippen molar-refractivity contribution in [3.05, 3.63) is 113 Å². The molecule has 0 spiro atoms. The lowest BCUT2D eigenvalue weighted by Crippen LogP contribution is -2.54. The highest BCUT2D eigenvalue weighted by Gasteiger charge is 2.36. The maximum atomic E-state index is 14.3. The second-order valence-corrected chi connectivity index (χ2v) is 11.4. The number of amides is 3. The average Bonchev–Trinajstić information content (AvgIpc) is 3.60. The van der Waals surface area contributed by atoms with Crippen molar-refractivity contribution in [2.45, 2.75) is 50.7 Å². The summed E-state index contributed by atoms with van der Waals surface area (Å²) < 4.78 is 0. The summed E-state index contributed by atoms with van der Waals surface area (Å²) >= 11 is 6.15. The zero-order chi connectivity index (χ0) is 28.3. The molecule has 6 rings (SSSR count). The van der Waals surface area contributed by atoms with Crippen LogP contribution in [-0.2, 0) is 22.6 Å². The molecule has 4 aromatic carbocycles. The fourth-order valence-corrected chi connectivity index (χ4v) is 6.20. The number of carbonyl (C=O) groups is 3. The SMILES string of the molecule is O=C(NC1CCCC1)C(Cc1ccccc1)N(Cc1ccc(Cl)cc1)C(=O)CN1C(=O)c2cccc3cccc1c23. The van der Waals surface area contributed by atoms with Crippen LogP contribution in [0.4, 0.5) is 5.69 Å². The molecule has 1 fully saturated rings. The van der Waals surface area contributed by atoms with Gasteiger partial charge in [-0.25, -0.2) is 0 Å². The zero-order valence-electron chi connectivity index (χ0n) is 22.8. The van der Waals surface area contributed by atoms with E-state index in [1.807, 2.05) is 72.8 Å². The molecule has 6 nitrogen and oxygen atoms in total. The van der Waals surface area contributed by atoms with Gasteiger partial charge in [0, 0.05) is 35.0 Å². The smallest absolute Gasteiger partial charge is 0.259 e. The maximum absolute atomic E-state index is 14.3. The average molecular weight is 566 g/mol. The van der Waals surface area contributed by atoms with Crippen LogP contribution in [0.3, 0.4) is 0 Å². The molecule has 0 radical (unpaired) electrons. The zero-order valence-corrected chi connectivity index (χ0v) is 23.5. The number of anilines is 1. The van der Waals surface area contributed by atoms with Gasteiger partial charge in [0.25, 0.3) is 5.91 Å². The number of nitrogens with zero attached hydrogens (tertiary/aromatic N) is 2. The number of carbonyl (C=O) groups excluding carboxylic acids is 3. The lowest BCUT2D eigenvalue weighted by Gasteiger charge is -2.33. The van der Waals surface area contributed by atoms with Crippen LogP contribution in [0.2, 0.25) is 5.02 Å². The van der Waals surface area contributed by atoms with E-state index in [-0.39, 0.29) is 36.9 Å². The Morgan fingerprint density at radius 2 is 1.59 bits per heavy atom. The lowest BCUT2D eigenvalue weighted by atomic mass is 10.0. The first-order valence-electron chi connectivity index (χ1n) is 14.2. The van der Waals surface area contributed by atoms with Crippen LogP contribution in [0, 0.1) is 0 Å². The Balaban J connectivity index is 1.34. The number of benzene rings is 4. The number of rotatable bonds is 9. The first kappa shape index (κ1) is 27.0. The molecule has 2 aliphatic rings. The van der Waals surface area contributed by atoms with Crippen molar-refractivity contribution in [2.75, 3.05) is 11.4 Å². The van der Waals surface area contributed by atoms with Gasteiger partial charge in [-0.05, 0) is 53.6 Å². The third-order valence-corrected chi connectivity index (χ3v) is 8.43. The monoisotopic (exact) mass is 565 g/mol. The highest BCUT2D eigenvalue weighted by molar-refractivity contribution is 6.30. The quantitative estimate of drug-likeness (QED) is 0.264. The fourth-order valence-electron chi connectivity index (χ4n) is 6.07. The Morgan fingerprint density at radius 1 is 0.878 bits per heavy atom. The van der Waals surface area contributed by atoms with E-state index in [0.29, 0.717) is 17.0 Å². The van der Waals surface area contributed by atoms with Gasteiger partial charge in [-0.1, -0.05) is 91.2 Å². The molecule has 3 amide bonds. The van der Waals surface area contributed by atoms with Gasteiger partial charge in [-0.3, -0.25) is 19.3 Å². The minimum absolute atomic E-state index is 0.112. The van der Waals surface area contributed by atoms with Gasteiger partial charge >= 0.3 is 0 Å². The van der Waals surface area contributed by atoms with Gasteiger partial charge in [0.15, 0.2) is 0 Å². The number of halogens is 1. The highest BCUT2D eigenvalue weighted by Crippen LogP contribution is 2.37. The highest BCUT2D eigenvalue weighted by atomic mass is 35.5. The van der Waals surface area contributed by atoms with Gasteiger partial charge < -0.3 is 10.2 Å². The molecular weight excluding hydrogens is 534 g/mol. The number of hydrogen-bond acceptors (Lipinski definition) is 3. The Hall–Kier alpha value is -4.16. The van der Waals surface area contributed by atoms with Crippen molar-refractivity contribution < 1.29 is 14.4 Å². The second kappa shape index (κ2) is 11.8. The summed E-state index contributed by atoms with van der Waals surface area (Å²) in [5.41, 5.74) is 3.13. The Labute approximate surface area is 244 Å². The summed E-state index contributed by atoms with van der Waals surface area (Å²) in [6.07, 6.45) is 4.43. The first-order valence-corrected chi connectivity index (χ1v) is 14.6. The molecular formula is C34H32ClN3O3. The molecule has 1 aliphatic heterocycles. The number of nitrogens with one attached hydrogen (secondary N) is 1. The molecule has 1 aliphatic carbocycles. The van der Waals surface area contributed by atoms with Gasteiger partial charge in [-0.2, -0.15) is 0 Å². The van der Waals surface area contributed by atoms with Crippen LogP contribution < -0.4 is 10.2 Å². The van der Waals surface area contributed by atoms with Crippen LogP contribution >= 0.6 is 11.6 Å². The van der Waals surface area contributed by atoms with Crippen LogP contribution in [0.1, 0.15) is 47.2 Å². The maximum Gasteiger partial charge on any atom is 0.259 e. The minimum Gasteiger partial charge on any atom is -0.352 e. The Bertz CT molecular complexity index is 1580. The van der Waals surface area contributed by atoms with Crippen molar-refractivity contribution in [3.8, 4) is 0 Å². The van der Waals surface area contributed by atoms with E-state index in [0.717, 1.165) is 53.3 Å². The number of hydrogen-bond donors (Lipinski definition) is 1. The van der Waals surface area contributed by atoms with Gasteiger partial charge in [0.2, 0.25) is 11.8 Å². The van der Waals surface area contributed by atoms with Gasteiger partial charge in [0.05, 0.1) is 5.69 Å². The van der Waals surface area contributed by atoms with Crippen LogP contribution in [-0.4, -0.2) is 41.2 Å². The molecule has 41 heavy (non-hydrogen) atoms. The lowest BCUT2D eigenvalue weighted by molar-refractivity contribution is -0.140. The fraction of sp³-hybridized carbons (Fsp3) is 0.265. The predicted molar refractivity (Wildman–Crippen MR) is 162 cm³/mol. The molecule has 0 aromatic heterocycles. The summed E-state index contributed by atoms with van der Waals surface area (Å²) in [6.45, 7) is 0.0486. The van der Waals surface area contributed by atoms with E-state index < -0.39 is 6.04 Å². The molecule has 7 heteroatoms. The van der Waals surface area contributed by atoms with Crippen LogP contribution in [0.5, 0.6) is 0 Å². The van der Waals surface area contributed by atoms with Crippen molar-refractivity contribution in [2.24, 2.45) is 0 Å². The minimum atomic E-state index is -0.753. The van der Waals surface area contributed by atoms with Crippen molar-refractivity contribution >= 4 is 45.8 Å². The van der Waals surface area contributed by atoms with E-state index in [4.69, 9.17) is 11.6 Å². The Morgan fingerprint density at radius 3 is 2.32 bits per heavy atom. The topological polar surface area (TPSA) is 69.7 Å². The van der Waals surface area contributed by atoms with Crippen LogP contribution in [0.25, 0.3) is 10.8 Å². The van der Waals surface area contributed by atoms with E-state index >= 15 is 0 Å². The molecule has 1 unspecified atom stereocenters. The van der Waals surface area contributed by atoms with Crippen molar-refractivity contribution in [1.82, 2.24) is 10.2 Å². The summed E-state index contributed by atoms with van der Waals surface area (Å²) in [5.74, 6) is -0.659. The van der Waals surface area contributed by atoms with E-state index in [2.05, 4.69) is 5.32 Å². The largest absolute Gasteiger partial charge is 0.352 e. The van der Waals surface area contributed by atoms with Crippen molar-refractivity contribution in [1.29, 1.82) is 0 Å². The predicted octanol–water partition coefficient (Wildman–Crippen LogP) is 6.15. The van der Waals surface area contributed by atoms with E-state index in [9.17, 15) is 14.4 Å². The molecule has 1 heterocycles. The van der Waals surface area contributed by atoms with Crippen LogP contribution in [0.15, 0.2) is 91.0 Å².